The number of nitrogens with two attached hydrogens (primary N) is 1. The van der Waals surface area contributed by atoms with Gasteiger partial charge in [-0.2, -0.15) is 13.2 Å². The second-order valence-corrected chi connectivity index (χ2v) is 6.12. The van der Waals surface area contributed by atoms with Gasteiger partial charge in [0.05, 0.1) is 6.54 Å². The molecule has 2 nitrogen and oxygen atoms in total. The van der Waals surface area contributed by atoms with Crippen molar-refractivity contribution in [2.75, 3.05) is 19.6 Å². The Morgan fingerprint density at radius 3 is 2.35 bits per heavy atom. The van der Waals surface area contributed by atoms with Gasteiger partial charge in [0.1, 0.15) is 0 Å². The lowest BCUT2D eigenvalue weighted by Gasteiger charge is -2.42. The average molecular weight is 294 g/mol. The van der Waals surface area contributed by atoms with Crippen LogP contribution in [0.4, 0.5) is 13.2 Å². The SMILES string of the molecule is CCCC1CCC(CN)C(N(CCC)CC(F)(F)F)C1. The summed E-state index contributed by atoms with van der Waals surface area (Å²) in [5.74, 6) is 0.789. The summed E-state index contributed by atoms with van der Waals surface area (Å²) < 4.78 is 38.4. The Kier molecular flexibility index (Phi) is 7.30. The van der Waals surface area contributed by atoms with E-state index in [0.717, 1.165) is 38.5 Å². The number of halogens is 3. The van der Waals surface area contributed by atoms with Crippen LogP contribution in [-0.2, 0) is 0 Å². The monoisotopic (exact) mass is 294 g/mol. The van der Waals surface area contributed by atoms with Crippen molar-refractivity contribution in [1.29, 1.82) is 0 Å². The number of nitrogens with zero attached hydrogens (tertiary/aromatic N) is 1. The molecule has 0 aromatic rings. The molecule has 120 valence electrons. The van der Waals surface area contributed by atoms with E-state index in [4.69, 9.17) is 5.73 Å². The molecular formula is C15H29F3N2. The van der Waals surface area contributed by atoms with E-state index in [-0.39, 0.29) is 12.0 Å². The van der Waals surface area contributed by atoms with E-state index in [9.17, 15) is 13.2 Å². The second kappa shape index (κ2) is 8.23. The van der Waals surface area contributed by atoms with Gasteiger partial charge in [0, 0.05) is 6.04 Å². The molecule has 0 amide bonds. The summed E-state index contributed by atoms with van der Waals surface area (Å²) in [6.45, 7) is 4.30. The summed E-state index contributed by atoms with van der Waals surface area (Å²) in [5, 5.41) is 0. The Bertz CT molecular complexity index is 268. The zero-order chi connectivity index (χ0) is 15.2. The fourth-order valence-corrected chi connectivity index (χ4v) is 3.57. The third kappa shape index (κ3) is 5.60. The van der Waals surface area contributed by atoms with Crippen molar-refractivity contribution in [3.63, 3.8) is 0 Å². The number of alkyl halides is 3. The van der Waals surface area contributed by atoms with Crippen molar-refractivity contribution in [3.05, 3.63) is 0 Å². The van der Waals surface area contributed by atoms with Crippen molar-refractivity contribution in [2.24, 2.45) is 17.6 Å². The molecule has 0 aliphatic heterocycles. The van der Waals surface area contributed by atoms with E-state index < -0.39 is 12.7 Å². The first-order valence-electron chi connectivity index (χ1n) is 7.92. The van der Waals surface area contributed by atoms with Crippen LogP contribution < -0.4 is 5.73 Å². The quantitative estimate of drug-likeness (QED) is 0.773. The minimum absolute atomic E-state index is 0.00637. The van der Waals surface area contributed by atoms with Crippen LogP contribution in [0, 0.1) is 11.8 Å². The van der Waals surface area contributed by atoms with E-state index in [0.29, 0.717) is 19.0 Å². The fourth-order valence-electron chi connectivity index (χ4n) is 3.57. The number of hydrogen-bond acceptors (Lipinski definition) is 2. The zero-order valence-electron chi connectivity index (χ0n) is 12.8. The van der Waals surface area contributed by atoms with Gasteiger partial charge in [-0.15, -0.1) is 0 Å². The predicted molar refractivity (Wildman–Crippen MR) is 76.5 cm³/mol. The van der Waals surface area contributed by atoms with Gasteiger partial charge in [-0.1, -0.05) is 33.1 Å². The molecule has 0 saturated heterocycles. The van der Waals surface area contributed by atoms with Gasteiger partial charge in [-0.25, -0.2) is 0 Å². The zero-order valence-corrected chi connectivity index (χ0v) is 12.8. The second-order valence-electron chi connectivity index (χ2n) is 6.12. The molecule has 0 heterocycles. The molecule has 0 radical (unpaired) electrons. The van der Waals surface area contributed by atoms with E-state index >= 15 is 0 Å². The molecule has 0 bridgehead atoms. The maximum atomic E-state index is 12.8. The first-order chi connectivity index (χ1) is 9.41. The van der Waals surface area contributed by atoms with Crippen LogP contribution in [-0.4, -0.2) is 36.8 Å². The van der Waals surface area contributed by atoms with Crippen molar-refractivity contribution in [2.45, 2.75) is 64.6 Å². The van der Waals surface area contributed by atoms with E-state index in [1.54, 1.807) is 4.90 Å². The molecule has 20 heavy (non-hydrogen) atoms. The van der Waals surface area contributed by atoms with Gasteiger partial charge in [0.2, 0.25) is 0 Å². The highest BCUT2D eigenvalue weighted by molar-refractivity contribution is 4.88. The number of rotatable bonds is 7. The molecule has 2 N–H and O–H groups in total. The minimum atomic E-state index is -4.12. The van der Waals surface area contributed by atoms with Crippen molar-refractivity contribution in [3.8, 4) is 0 Å². The topological polar surface area (TPSA) is 29.3 Å². The lowest BCUT2D eigenvalue weighted by atomic mass is 9.76. The molecule has 1 fully saturated rings. The summed E-state index contributed by atoms with van der Waals surface area (Å²) in [7, 11) is 0. The molecule has 0 spiro atoms. The Morgan fingerprint density at radius 2 is 1.85 bits per heavy atom. The van der Waals surface area contributed by atoms with Crippen LogP contribution in [0.1, 0.15) is 52.4 Å². The molecule has 1 aliphatic carbocycles. The standard InChI is InChI=1S/C15H29F3N2/c1-3-5-12-6-7-13(10-19)14(9-12)20(8-4-2)11-15(16,17)18/h12-14H,3-11,19H2,1-2H3. The molecule has 1 aliphatic rings. The van der Waals surface area contributed by atoms with Crippen LogP contribution in [0.15, 0.2) is 0 Å². The van der Waals surface area contributed by atoms with Crippen LogP contribution >= 0.6 is 0 Å². The highest BCUT2D eigenvalue weighted by Gasteiger charge is 2.38. The van der Waals surface area contributed by atoms with Crippen LogP contribution in [0.25, 0.3) is 0 Å². The first-order valence-corrected chi connectivity index (χ1v) is 7.92. The molecule has 3 atom stereocenters. The molecule has 0 aromatic heterocycles. The molecule has 1 rings (SSSR count). The molecule has 3 unspecified atom stereocenters. The summed E-state index contributed by atoms with van der Waals surface area (Å²) in [5.41, 5.74) is 5.80. The van der Waals surface area contributed by atoms with Gasteiger partial charge < -0.3 is 5.73 Å². The third-order valence-corrected chi connectivity index (χ3v) is 4.43. The predicted octanol–water partition coefficient (Wildman–Crippen LogP) is 3.80. The molecule has 0 aromatic carbocycles. The van der Waals surface area contributed by atoms with E-state index in [1.165, 1.54) is 0 Å². The van der Waals surface area contributed by atoms with Crippen LogP contribution in [0.2, 0.25) is 0 Å². The molecule has 5 heteroatoms. The van der Waals surface area contributed by atoms with Crippen LogP contribution in [0.5, 0.6) is 0 Å². The largest absolute Gasteiger partial charge is 0.401 e. The summed E-state index contributed by atoms with van der Waals surface area (Å²) in [6.07, 6.45) is 1.85. The smallest absolute Gasteiger partial charge is 0.330 e. The Balaban J connectivity index is 2.76. The maximum absolute atomic E-state index is 12.8. The van der Waals surface area contributed by atoms with Crippen molar-refractivity contribution >= 4 is 0 Å². The van der Waals surface area contributed by atoms with Crippen molar-refractivity contribution < 1.29 is 13.2 Å². The normalized spacial score (nSPS) is 28.1. The van der Waals surface area contributed by atoms with Gasteiger partial charge >= 0.3 is 6.18 Å². The Hall–Kier alpha value is -0.290. The van der Waals surface area contributed by atoms with Crippen LogP contribution in [0.3, 0.4) is 0 Å². The first kappa shape index (κ1) is 17.8. The van der Waals surface area contributed by atoms with E-state index in [1.807, 2.05) is 6.92 Å². The Morgan fingerprint density at radius 1 is 1.15 bits per heavy atom. The highest BCUT2D eigenvalue weighted by Crippen LogP contribution is 2.35. The summed E-state index contributed by atoms with van der Waals surface area (Å²) >= 11 is 0. The lowest BCUT2D eigenvalue weighted by molar-refractivity contribution is -0.155. The van der Waals surface area contributed by atoms with Crippen molar-refractivity contribution in [1.82, 2.24) is 4.90 Å². The Labute approximate surface area is 120 Å². The average Bonchev–Trinajstić information content (AvgIpc) is 2.37. The third-order valence-electron chi connectivity index (χ3n) is 4.43. The summed E-state index contributed by atoms with van der Waals surface area (Å²) in [6, 6.07) is 0.00637. The molecular weight excluding hydrogens is 265 g/mol. The van der Waals surface area contributed by atoms with Gasteiger partial charge in [0.15, 0.2) is 0 Å². The fraction of sp³-hybridized carbons (Fsp3) is 1.00. The lowest BCUT2D eigenvalue weighted by Crippen LogP contribution is -2.50. The number of hydrogen-bond donors (Lipinski definition) is 1. The van der Waals surface area contributed by atoms with Gasteiger partial charge in [-0.3, -0.25) is 4.90 Å². The highest BCUT2D eigenvalue weighted by atomic mass is 19.4. The molecule has 1 saturated carbocycles. The van der Waals surface area contributed by atoms with E-state index in [2.05, 4.69) is 6.92 Å². The maximum Gasteiger partial charge on any atom is 0.401 e. The summed E-state index contributed by atoms with van der Waals surface area (Å²) in [4.78, 5) is 1.64. The van der Waals surface area contributed by atoms with Gasteiger partial charge in [0.25, 0.3) is 0 Å². The van der Waals surface area contributed by atoms with Gasteiger partial charge in [-0.05, 0) is 44.2 Å². The minimum Gasteiger partial charge on any atom is -0.330 e.